The van der Waals surface area contributed by atoms with Crippen LogP contribution < -0.4 is 10.6 Å². The van der Waals surface area contributed by atoms with E-state index in [2.05, 4.69) is 36.6 Å². The van der Waals surface area contributed by atoms with E-state index in [1.165, 1.54) is 24.8 Å². The van der Waals surface area contributed by atoms with Crippen molar-refractivity contribution in [3.63, 3.8) is 0 Å². The van der Waals surface area contributed by atoms with Crippen molar-refractivity contribution in [2.75, 3.05) is 11.9 Å². The highest BCUT2D eigenvalue weighted by atomic mass is 16.1. The standard InChI is InChI=1S/C17H28N2O/c1-3-5-6-7-8-9-17(20)19-16-12-10-15(11-13-16)14-18-4-2/h10-13,18H,3-9,14H2,1-2H3,(H,19,20). The highest BCUT2D eigenvalue weighted by Gasteiger charge is 2.02. The number of rotatable bonds is 10. The molecule has 3 nitrogen and oxygen atoms in total. The second-order valence-electron chi connectivity index (χ2n) is 5.19. The Balaban J connectivity index is 2.24. The Kier molecular flexibility index (Phi) is 8.72. The number of hydrogen-bond acceptors (Lipinski definition) is 2. The van der Waals surface area contributed by atoms with Crippen molar-refractivity contribution in [2.45, 2.75) is 58.9 Å². The second kappa shape index (κ2) is 10.4. The van der Waals surface area contributed by atoms with E-state index in [1.54, 1.807) is 0 Å². The van der Waals surface area contributed by atoms with Crippen molar-refractivity contribution in [1.82, 2.24) is 5.32 Å². The zero-order valence-electron chi connectivity index (χ0n) is 12.9. The van der Waals surface area contributed by atoms with Crippen LogP contribution >= 0.6 is 0 Å². The third-order valence-corrected chi connectivity index (χ3v) is 3.32. The summed E-state index contributed by atoms with van der Waals surface area (Å²) in [5.41, 5.74) is 2.13. The number of carbonyl (C=O) groups is 1. The lowest BCUT2D eigenvalue weighted by molar-refractivity contribution is -0.116. The van der Waals surface area contributed by atoms with E-state index in [0.717, 1.165) is 31.6 Å². The fraction of sp³-hybridized carbons (Fsp3) is 0.588. The Morgan fingerprint density at radius 1 is 1.00 bits per heavy atom. The first-order chi connectivity index (χ1) is 9.76. The molecule has 0 unspecified atom stereocenters. The molecule has 1 aromatic rings. The smallest absolute Gasteiger partial charge is 0.224 e. The van der Waals surface area contributed by atoms with Crippen LogP contribution in [-0.2, 0) is 11.3 Å². The fourth-order valence-electron chi connectivity index (χ4n) is 2.09. The lowest BCUT2D eigenvalue weighted by Gasteiger charge is -2.07. The lowest BCUT2D eigenvalue weighted by atomic mass is 10.1. The number of amides is 1. The van der Waals surface area contributed by atoms with Crippen molar-refractivity contribution in [1.29, 1.82) is 0 Å². The number of nitrogens with one attached hydrogen (secondary N) is 2. The molecule has 0 saturated carbocycles. The summed E-state index contributed by atoms with van der Waals surface area (Å²) >= 11 is 0. The molecule has 0 saturated heterocycles. The summed E-state index contributed by atoms with van der Waals surface area (Å²) < 4.78 is 0. The predicted octanol–water partition coefficient (Wildman–Crippen LogP) is 4.10. The van der Waals surface area contributed by atoms with Crippen molar-refractivity contribution in [2.24, 2.45) is 0 Å². The molecule has 0 aromatic heterocycles. The van der Waals surface area contributed by atoms with Gasteiger partial charge in [0.2, 0.25) is 5.91 Å². The SMILES string of the molecule is CCCCCCCC(=O)Nc1ccc(CNCC)cc1. The lowest BCUT2D eigenvalue weighted by Crippen LogP contribution is -2.13. The van der Waals surface area contributed by atoms with E-state index in [4.69, 9.17) is 0 Å². The molecule has 3 heteroatoms. The third-order valence-electron chi connectivity index (χ3n) is 3.32. The number of unbranched alkanes of at least 4 members (excludes halogenated alkanes) is 4. The molecular weight excluding hydrogens is 248 g/mol. The quantitative estimate of drug-likeness (QED) is 0.632. The molecule has 0 aliphatic heterocycles. The molecule has 0 fully saturated rings. The van der Waals surface area contributed by atoms with Gasteiger partial charge < -0.3 is 10.6 Å². The van der Waals surface area contributed by atoms with Gasteiger partial charge in [-0.2, -0.15) is 0 Å². The first-order valence-corrected chi connectivity index (χ1v) is 7.85. The Morgan fingerprint density at radius 3 is 2.35 bits per heavy atom. The van der Waals surface area contributed by atoms with Gasteiger partial charge in [0.1, 0.15) is 0 Å². The van der Waals surface area contributed by atoms with Crippen molar-refractivity contribution < 1.29 is 4.79 Å². The molecule has 1 rings (SSSR count). The van der Waals surface area contributed by atoms with Crippen molar-refractivity contribution >= 4 is 11.6 Å². The van der Waals surface area contributed by atoms with Gasteiger partial charge in [-0.1, -0.05) is 51.7 Å². The van der Waals surface area contributed by atoms with Crippen LogP contribution in [0, 0.1) is 0 Å². The number of anilines is 1. The molecule has 0 aliphatic carbocycles. The second-order valence-corrected chi connectivity index (χ2v) is 5.19. The average molecular weight is 276 g/mol. The van der Waals surface area contributed by atoms with Gasteiger partial charge in [0.15, 0.2) is 0 Å². The summed E-state index contributed by atoms with van der Waals surface area (Å²) in [5.74, 6) is 0.126. The van der Waals surface area contributed by atoms with Gasteiger partial charge >= 0.3 is 0 Å². The summed E-state index contributed by atoms with van der Waals surface area (Å²) in [7, 11) is 0. The molecule has 1 aromatic carbocycles. The summed E-state index contributed by atoms with van der Waals surface area (Å²) in [4.78, 5) is 11.8. The first kappa shape index (κ1) is 16.7. The molecule has 0 heterocycles. The molecule has 0 spiro atoms. The van der Waals surface area contributed by atoms with Crippen LogP contribution in [0.3, 0.4) is 0 Å². The van der Waals surface area contributed by atoms with Crippen molar-refractivity contribution in [3.8, 4) is 0 Å². The largest absolute Gasteiger partial charge is 0.326 e. The number of benzene rings is 1. The Labute approximate surface area is 123 Å². The summed E-state index contributed by atoms with van der Waals surface area (Å²) in [6.07, 6.45) is 6.53. The van der Waals surface area contributed by atoms with Crippen LogP contribution in [0.15, 0.2) is 24.3 Å². The molecule has 1 amide bonds. The zero-order chi connectivity index (χ0) is 14.6. The summed E-state index contributed by atoms with van der Waals surface area (Å²) in [5, 5.41) is 6.24. The van der Waals surface area contributed by atoms with Crippen LogP contribution in [0.25, 0.3) is 0 Å². The van der Waals surface area contributed by atoms with Gasteiger partial charge in [-0.15, -0.1) is 0 Å². The van der Waals surface area contributed by atoms with Gasteiger partial charge in [-0.3, -0.25) is 4.79 Å². The molecule has 2 N–H and O–H groups in total. The number of hydrogen-bond donors (Lipinski definition) is 2. The Bertz CT molecular complexity index is 373. The monoisotopic (exact) mass is 276 g/mol. The normalized spacial score (nSPS) is 10.5. The Hall–Kier alpha value is -1.35. The average Bonchev–Trinajstić information content (AvgIpc) is 2.46. The van der Waals surface area contributed by atoms with E-state index >= 15 is 0 Å². The molecule has 112 valence electrons. The zero-order valence-corrected chi connectivity index (χ0v) is 12.9. The predicted molar refractivity (Wildman–Crippen MR) is 85.8 cm³/mol. The maximum atomic E-state index is 11.8. The molecule has 0 radical (unpaired) electrons. The Morgan fingerprint density at radius 2 is 1.70 bits per heavy atom. The van der Waals surface area contributed by atoms with Crippen LogP contribution in [0.2, 0.25) is 0 Å². The third kappa shape index (κ3) is 7.29. The van der Waals surface area contributed by atoms with Crippen LogP contribution in [0.1, 0.15) is 57.9 Å². The van der Waals surface area contributed by atoms with E-state index in [0.29, 0.717) is 6.42 Å². The van der Waals surface area contributed by atoms with Gasteiger partial charge in [0.05, 0.1) is 0 Å². The topological polar surface area (TPSA) is 41.1 Å². The number of carbonyl (C=O) groups excluding carboxylic acids is 1. The molecular formula is C17H28N2O. The van der Waals surface area contributed by atoms with Gasteiger partial charge in [0.25, 0.3) is 0 Å². The minimum absolute atomic E-state index is 0.126. The minimum Gasteiger partial charge on any atom is -0.326 e. The fourth-order valence-corrected chi connectivity index (χ4v) is 2.09. The van der Waals surface area contributed by atoms with Crippen molar-refractivity contribution in [3.05, 3.63) is 29.8 Å². The van der Waals surface area contributed by atoms with Crippen LogP contribution in [-0.4, -0.2) is 12.5 Å². The van der Waals surface area contributed by atoms with E-state index in [-0.39, 0.29) is 5.91 Å². The highest BCUT2D eigenvalue weighted by molar-refractivity contribution is 5.90. The molecule has 0 atom stereocenters. The van der Waals surface area contributed by atoms with E-state index in [1.807, 2.05) is 12.1 Å². The van der Waals surface area contributed by atoms with Gasteiger partial charge in [0, 0.05) is 18.7 Å². The van der Waals surface area contributed by atoms with Gasteiger partial charge in [-0.05, 0) is 30.7 Å². The summed E-state index contributed by atoms with van der Waals surface area (Å²) in [6.45, 7) is 6.14. The minimum atomic E-state index is 0.126. The maximum Gasteiger partial charge on any atom is 0.224 e. The van der Waals surface area contributed by atoms with Gasteiger partial charge in [-0.25, -0.2) is 0 Å². The first-order valence-electron chi connectivity index (χ1n) is 7.85. The molecule has 0 bridgehead atoms. The van der Waals surface area contributed by atoms with Crippen LogP contribution in [0.5, 0.6) is 0 Å². The summed E-state index contributed by atoms with van der Waals surface area (Å²) in [6, 6.07) is 8.06. The maximum absolute atomic E-state index is 11.8. The van der Waals surface area contributed by atoms with E-state index in [9.17, 15) is 4.79 Å². The van der Waals surface area contributed by atoms with Crippen LogP contribution in [0.4, 0.5) is 5.69 Å². The molecule has 20 heavy (non-hydrogen) atoms. The highest BCUT2D eigenvalue weighted by Crippen LogP contribution is 2.11. The van der Waals surface area contributed by atoms with E-state index < -0.39 is 0 Å². The molecule has 0 aliphatic rings.